The second kappa shape index (κ2) is 7.77. The summed E-state index contributed by atoms with van der Waals surface area (Å²) in [5.74, 6) is 0.912. The highest BCUT2D eigenvalue weighted by Crippen LogP contribution is 2.06. The minimum absolute atomic E-state index is 0.912. The van der Waals surface area contributed by atoms with Crippen LogP contribution in [0.3, 0.4) is 0 Å². The lowest BCUT2D eigenvalue weighted by Crippen LogP contribution is -2.19. The molecule has 84 valence electrons. The predicted octanol–water partition coefficient (Wildman–Crippen LogP) is 2.70. The lowest BCUT2D eigenvalue weighted by atomic mass is 10.1. The number of thiol groups is 1. The van der Waals surface area contributed by atoms with Gasteiger partial charge in [-0.05, 0) is 30.5 Å². The average molecular weight is 223 g/mol. The summed E-state index contributed by atoms with van der Waals surface area (Å²) in [6, 6.07) is 8.98. The van der Waals surface area contributed by atoms with Crippen molar-refractivity contribution in [3.63, 3.8) is 0 Å². The number of hydrogen-bond donors (Lipinski definition) is 2. The smallest absolute Gasteiger partial charge is 0.00398 e. The third-order valence-electron chi connectivity index (χ3n) is 2.44. The average Bonchev–Trinajstić information content (AvgIpc) is 2.27. The van der Waals surface area contributed by atoms with E-state index in [-0.39, 0.29) is 0 Å². The van der Waals surface area contributed by atoms with E-state index in [9.17, 15) is 0 Å². The van der Waals surface area contributed by atoms with Gasteiger partial charge in [-0.15, -0.1) is 0 Å². The van der Waals surface area contributed by atoms with Crippen LogP contribution < -0.4 is 5.32 Å². The van der Waals surface area contributed by atoms with Gasteiger partial charge in [0.1, 0.15) is 0 Å². The van der Waals surface area contributed by atoms with E-state index >= 15 is 0 Å². The number of benzene rings is 1. The van der Waals surface area contributed by atoms with Crippen LogP contribution in [0.25, 0.3) is 0 Å². The zero-order chi connectivity index (χ0) is 10.9. The van der Waals surface area contributed by atoms with Crippen LogP contribution in [0.5, 0.6) is 0 Å². The van der Waals surface area contributed by atoms with Crippen molar-refractivity contribution in [3.05, 3.63) is 35.4 Å². The molecule has 0 spiro atoms. The van der Waals surface area contributed by atoms with E-state index in [2.05, 4.69) is 49.1 Å². The fourth-order valence-electron chi connectivity index (χ4n) is 1.60. The third kappa shape index (κ3) is 5.24. The topological polar surface area (TPSA) is 12.0 Å². The maximum Gasteiger partial charge on any atom is 0.00398 e. The summed E-state index contributed by atoms with van der Waals surface area (Å²) in [6.45, 7) is 4.26. The van der Waals surface area contributed by atoms with E-state index in [0.29, 0.717) is 0 Å². The van der Waals surface area contributed by atoms with Crippen molar-refractivity contribution in [2.24, 2.45) is 0 Å². The summed E-state index contributed by atoms with van der Waals surface area (Å²) in [4.78, 5) is 0. The van der Waals surface area contributed by atoms with Crippen LogP contribution in [-0.2, 0) is 12.8 Å². The highest BCUT2D eigenvalue weighted by Gasteiger charge is 1.94. The maximum absolute atomic E-state index is 4.16. The van der Waals surface area contributed by atoms with Crippen LogP contribution in [0.15, 0.2) is 24.3 Å². The Labute approximate surface area is 98.7 Å². The van der Waals surface area contributed by atoms with Crippen LogP contribution in [0, 0.1) is 0 Å². The Kier molecular flexibility index (Phi) is 6.53. The molecule has 0 aliphatic rings. The fourth-order valence-corrected chi connectivity index (χ4v) is 1.76. The van der Waals surface area contributed by atoms with Crippen molar-refractivity contribution in [1.29, 1.82) is 0 Å². The van der Waals surface area contributed by atoms with E-state index < -0.39 is 0 Å². The van der Waals surface area contributed by atoms with Gasteiger partial charge >= 0.3 is 0 Å². The lowest BCUT2D eigenvalue weighted by Gasteiger charge is -2.04. The molecule has 0 saturated heterocycles. The van der Waals surface area contributed by atoms with E-state index in [0.717, 1.165) is 25.3 Å². The standard InChI is InChI=1S/C13H21NS/c1-2-3-12-4-6-13(7-5-12)8-9-14-10-11-15/h4-7,14-15H,2-3,8-11H2,1H3. The maximum atomic E-state index is 4.16. The lowest BCUT2D eigenvalue weighted by molar-refractivity contribution is 0.721. The van der Waals surface area contributed by atoms with Crippen molar-refractivity contribution in [1.82, 2.24) is 5.32 Å². The molecule has 0 aromatic heterocycles. The zero-order valence-corrected chi connectivity index (χ0v) is 10.4. The molecular formula is C13H21NS. The van der Waals surface area contributed by atoms with Crippen molar-refractivity contribution in [2.75, 3.05) is 18.8 Å². The van der Waals surface area contributed by atoms with Crippen LogP contribution >= 0.6 is 12.6 Å². The normalized spacial score (nSPS) is 10.5. The molecule has 0 aliphatic carbocycles. The number of nitrogens with one attached hydrogen (secondary N) is 1. The summed E-state index contributed by atoms with van der Waals surface area (Å²) in [5, 5.41) is 3.35. The Morgan fingerprint density at radius 3 is 2.13 bits per heavy atom. The Balaban J connectivity index is 2.29. The van der Waals surface area contributed by atoms with E-state index in [1.165, 1.54) is 24.0 Å². The molecule has 15 heavy (non-hydrogen) atoms. The molecule has 0 heterocycles. The summed E-state index contributed by atoms with van der Waals surface area (Å²) in [7, 11) is 0. The first-order valence-electron chi connectivity index (χ1n) is 5.76. The van der Waals surface area contributed by atoms with Crippen molar-refractivity contribution in [2.45, 2.75) is 26.2 Å². The fraction of sp³-hybridized carbons (Fsp3) is 0.538. The van der Waals surface area contributed by atoms with E-state index in [1.54, 1.807) is 0 Å². The molecule has 2 heteroatoms. The molecule has 0 aliphatic heterocycles. The molecule has 0 saturated carbocycles. The van der Waals surface area contributed by atoms with Crippen molar-refractivity contribution < 1.29 is 0 Å². The summed E-state index contributed by atoms with van der Waals surface area (Å²) < 4.78 is 0. The van der Waals surface area contributed by atoms with Gasteiger partial charge in [0.05, 0.1) is 0 Å². The molecular weight excluding hydrogens is 202 g/mol. The van der Waals surface area contributed by atoms with Crippen LogP contribution in [-0.4, -0.2) is 18.8 Å². The van der Waals surface area contributed by atoms with Crippen molar-refractivity contribution in [3.8, 4) is 0 Å². The Morgan fingerprint density at radius 1 is 1.00 bits per heavy atom. The molecule has 1 rings (SSSR count). The molecule has 1 N–H and O–H groups in total. The minimum Gasteiger partial charge on any atom is -0.316 e. The molecule has 1 aromatic rings. The Hall–Kier alpha value is -0.470. The zero-order valence-electron chi connectivity index (χ0n) is 9.50. The largest absolute Gasteiger partial charge is 0.316 e. The second-order valence-corrected chi connectivity index (χ2v) is 4.24. The summed E-state index contributed by atoms with van der Waals surface area (Å²) >= 11 is 4.16. The number of aryl methyl sites for hydroxylation is 1. The van der Waals surface area contributed by atoms with Crippen LogP contribution in [0.2, 0.25) is 0 Å². The van der Waals surface area contributed by atoms with E-state index in [1.807, 2.05) is 0 Å². The van der Waals surface area contributed by atoms with Gasteiger partial charge in [-0.1, -0.05) is 37.6 Å². The molecule has 0 atom stereocenters. The first-order valence-corrected chi connectivity index (χ1v) is 6.39. The van der Waals surface area contributed by atoms with Gasteiger partial charge in [-0.25, -0.2) is 0 Å². The summed E-state index contributed by atoms with van der Waals surface area (Å²) in [6.07, 6.45) is 3.53. The van der Waals surface area contributed by atoms with Crippen LogP contribution in [0.4, 0.5) is 0 Å². The third-order valence-corrected chi connectivity index (χ3v) is 2.66. The number of rotatable bonds is 7. The van der Waals surface area contributed by atoms with Gasteiger partial charge in [-0.2, -0.15) is 12.6 Å². The second-order valence-electron chi connectivity index (χ2n) is 3.79. The molecule has 1 aromatic carbocycles. The van der Waals surface area contributed by atoms with Gasteiger partial charge in [-0.3, -0.25) is 0 Å². The van der Waals surface area contributed by atoms with Gasteiger partial charge in [0.15, 0.2) is 0 Å². The number of hydrogen-bond acceptors (Lipinski definition) is 2. The molecule has 0 unspecified atom stereocenters. The Morgan fingerprint density at radius 2 is 1.60 bits per heavy atom. The quantitative estimate of drug-likeness (QED) is 0.535. The van der Waals surface area contributed by atoms with E-state index in [4.69, 9.17) is 0 Å². The van der Waals surface area contributed by atoms with Gasteiger partial charge in [0.25, 0.3) is 0 Å². The molecule has 0 radical (unpaired) electrons. The predicted molar refractivity (Wildman–Crippen MR) is 70.9 cm³/mol. The first kappa shape index (κ1) is 12.6. The van der Waals surface area contributed by atoms with Gasteiger partial charge in [0, 0.05) is 12.3 Å². The van der Waals surface area contributed by atoms with Gasteiger partial charge in [0.2, 0.25) is 0 Å². The molecule has 0 fully saturated rings. The molecule has 0 bridgehead atoms. The monoisotopic (exact) mass is 223 g/mol. The van der Waals surface area contributed by atoms with Crippen molar-refractivity contribution >= 4 is 12.6 Å². The summed E-state index contributed by atoms with van der Waals surface area (Å²) in [5.41, 5.74) is 2.87. The Bertz CT molecular complexity index is 256. The first-order chi connectivity index (χ1) is 7.36. The highest BCUT2D eigenvalue weighted by molar-refractivity contribution is 7.80. The molecule has 1 nitrogen and oxygen atoms in total. The van der Waals surface area contributed by atoms with Crippen LogP contribution in [0.1, 0.15) is 24.5 Å². The molecule has 0 amide bonds. The highest BCUT2D eigenvalue weighted by atomic mass is 32.1. The SMILES string of the molecule is CCCc1ccc(CCNCCS)cc1. The minimum atomic E-state index is 0.912. The van der Waals surface area contributed by atoms with Gasteiger partial charge < -0.3 is 5.32 Å².